The number of aromatic nitrogens is 1. The highest BCUT2D eigenvalue weighted by atomic mass is 16.7. The van der Waals surface area contributed by atoms with Gasteiger partial charge in [-0.25, -0.2) is 0 Å². The fraction of sp³-hybridized carbons (Fsp3) is 0.545. The second kappa shape index (κ2) is 7.85. The van der Waals surface area contributed by atoms with Gasteiger partial charge in [0.1, 0.15) is 0 Å². The Hall–Kier alpha value is -1.78. The number of aromatic amines is 1. The van der Waals surface area contributed by atoms with E-state index in [1.807, 2.05) is 0 Å². The third-order valence-electron chi connectivity index (χ3n) is 5.16. The van der Waals surface area contributed by atoms with Crippen LogP contribution < -0.4 is 4.90 Å². The Bertz CT molecular complexity index is 762. The number of rotatable bonds is 2. The maximum absolute atomic E-state index is 5.84. The molecule has 4 rings (SSSR count). The molecular weight excluding hydrogens is 324 g/mol. The van der Waals surface area contributed by atoms with Crippen LogP contribution in [-0.4, -0.2) is 37.1 Å². The molecule has 0 saturated carbocycles. The largest absolute Gasteiger partial charge is 0.369 e. The monoisotopic (exact) mass is 356 g/mol. The Morgan fingerprint density at radius 3 is 2.38 bits per heavy atom. The number of fused-ring (bicyclic) bond motifs is 1. The summed E-state index contributed by atoms with van der Waals surface area (Å²) >= 11 is 0. The van der Waals surface area contributed by atoms with Gasteiger partial charge in [0.05, 0.1) is 24.4 Å². The molecule has 2 saturated heterocycles. The van der Waals surface area contributed by atoms with Crippen LogP contribution in [0.5, 0.6) is 0 Å². The number of hydrogen-bond donors (Lipinski definition) is 1. The Labute approximate surface area is 157 Å². The average molecular weight is 357 g/mol. The maximum atomic E-state index is 5.84. The van der Waals surface area contributed by atoms with Crippen molar-refractivity contribution in [3.05, 3.63) is 36.0 Å². The highest BCUT2D eigenvalue weighted by Gasteiger charge is 2.40. The summed E-state index contributed by atoms with van der Waals surface area (Å²) in [5.41, 5.74) is 6.09. The van der Waals surface area contributed by atoms with Crippen LogP contribution in [0.15, 0.2) is 24.9 Å². The molecule has 0 unspecified atom stereocenters. The molecular formula is C22H32N2O2. The van der Waals surface area contributed by atoms with Crippen LogP contribution >= 0.6 is 0 Å². The van der Waals surface area contributed by atoms with Crippen molar-refractivity contribution in [2.24, 2.45) is 0 Å². The first kappa shape index (κ1) is 19.0. The molecule has 26 heavy (non-hydrogen) atoms. The fourth-order valence-corrected chi connectivity index (χ4v) is 3.88. The number of allylic oxidation sites excluding steroid dienone is 1. The minimum atomic E-state index is -0.321. The van der Waals surface area contributed by atoms with E-state index in [-0.39, 0.29) is 5.79 Å². The molecule has 142 valence electrons. The maximum Gasteiger partial charge on any atom is 0.171 e. The van der Waals surface area contributed by atoms with E-state index in [9.17, 15) is 0 Å². The molecule has 2 aromatic rings. The Kier molecular flexibility index (Phi) is 5.73. The lowest BCUT2D eigenvalue weighted by Crippen LogP contribution is -2.45. The van der Waals surface area contributed by atoms with E-state index in [1.165, 1.54) is 34.1 Å². The number of ether oxygens (including phenoxy) is 2. The summed E-state index contributed by atoms with van der Waals surface area (Å²) in [4.78, 5) is 5.91. The molecule has 2 aliphatic rings. The molecule has 2 aliphatic heterocycles. The minimum absolute atomic E-state index is 0.321. The number of aryl methyl sites for hydroxylation is 1. The van der Waals surface area contributed by atoms with E-state index >= 15 is 0 Å². The molecule has 1 spiro atoms. The topological polar surface area (TPSA) is 37.5 Å². The number of nitrogens with one attached hydrogen (secondary N) is 1. The molecule has 0 aliphatic carbocycles. The molecule has 2 fully saturated rings. The number of H-pyrrole nitrogens is 1. The molecule has 1 N–H and O–H groups in total. The van der Waals surface area contributed by atoms with Crippen molar-refractivity contribution in [3.8, 4) is 0 Å². The lowest BCUT2D eigenvalue weighted by Gasteiger charge is -2.39. The Balaban J connectivity index is 0.000000613. The third-order valence-corrected chi connectivity index (χ3v) is 5.16. The quantitative estimate of drug-likeness (QED) is 0.796. The second-order valence-corrected chi connectivity index (χ2v) is 7.44. The zero-order valence-electron chi connectivity index (χ0n) is 16.7. The summed E-state index contributed by atoms with van der Waals surface area (Å²) in [7, 11) is 0. The van der Waals surface area contributed by atoms with Crippen molar-refractivity contribution in [3.63, 3.8) is 0 Å². The first-order chi connectivity index (χ1) is 12.5. The van der Waals surface area contributed by atoms with Gasteiger partial charge in [0.15, 0.2) is 5.79 Å². The Morgan fingerprint density at radius 1 is 1.19 bits per heavy atom. The van der Waals surface area contributed by atoms with Crippen LogP contribution in [0.25, 0.3) is 16.5 Å². The zero-order chi connectivity index (χ0) is 18.7. The molecule has 0 bridgehead atoms. The van der Waals surface area contributed by atoms with Gasteiger partial charge in [-0.15, -0.1) is 0 Å². The van der Waals surface area contributed by atoms with Crippen LogP contribution in [0.2, 0.25) is 0 Å². The first-order valence-electron chi connectivity index (χ1n) is 9.80. The van der Waals surface area contributed by atoms with Crippen LogP contribution in [0, 0.1) is 6.92 Å². The van der Waals surface area contributed by atoms with E-state index in [0.29, 0.717) is 0 Å². The van der Waals surface area contributed by atoms with Gasteiger partial charge in [-0.2, -0.15) is 0 Å². The summed E-state index contributed by atoms with van der Waals surface area (Å²) in [6.07, 6.45) is 5.19. The summed E-state index contributed by atoms with van der Waals surface area (Å²) in [6.45, 7) is 16.0. The predicted molar refractivity (Wildman–Crippen MR) is 110 cm³/mol. The number of anilines is 1. The first-order valence-corrected chi connectivity index (χ1v) is 9.80. The highest BCUT2D eigenvalue weighted by Crippen LogP contribution is 2.37. The van der Waals surface area contributed by atoms with Crippen molar-refractivity contribution >= 4 is 22.2 Å². The highest BCUT2D eigenvalue weighted by molar-refractivity contribution is 6.01. The predicted octanol–water partition coefficient (Wildman–Crippen LogP) is 5.27. The summed E-state index contributed by atoms with van der Waals surface area (Å²) < 4.78 is 11.7. The number of benzene rings is 1. The smallest absolute Gasteiger partial charge is 0.171 e. The van der Waals surface area contributed by atoms with Crippen LogP contribution in [0.3, 0.4) is 0 Å². The molecule has 3 heterocycles. The van der Waals surface area contributed by atoms with Gasteiger partial charge in [-0.3, -0.25) is 0 Å². The molecule has 4 nitrogen and oxygen atoms in total. The second-order valence-electron chi connectivity index (χ2n) is 7.44. The molecule has 1 aromatic heterocycles. The van der Waals surface area contributed by atoms with E-state index in [0.717, 1.165) is 44.7 Å². The molecule has 0 atom stereocenters. The van der Waals surface area contributed by atoms with Crippen molar-refractivity contribution in [1.82, 2.24) is 4.98 Å². The van der Waals surface area contributed by atoms with Crippen LogP contribution in [0.1, 0.15) is 51.2 Å². The number of piperidine rings is 1. The Morgan fingerprint density at radius 2 is 1.81 bits per heavy atom. The minimum Gasteiger partial charge on any atom is -0.369 e. The summed E-state index contributed by atoms with van der Waals surface area (Å²) in [6, 6.07) is 4.44. The van der Waals surface area contributed by atoms with Gasteiger partial charge in [0.25, 0.3) is 0 Å². The molecule has 4 heteroatoms. The van der Waals surface area contributed by atoms with E-state index in [2.05, 4.69) is 62.5 Å². The number of nitrogens with zero attached hydrogens (tertiary/aromatic N) is 1. The fourth-order valence-electron chi connectivity index (χ4n) is 3.88. The van der Waals surface area contributed by atoms with Crippen LogP contribution in [0.4, 0.5) is 5.69 Å². The van der Waals surface area contributed by atoms with E-state index < -0.39 is 0 Å². The molecule has 1 aromatic carbocycles. The summed E-state index contributed by atoms with van der Waals surface area (Å²) in [5.74, 6) is -0.321. The third kappa shape index (κ3) is 3.53. The van der Waals surface area contributed by atoms with E-state index in [1.54, 1.807) is 0 Å². The van der Waals surface area contributed by atoms with Crippen molar-refractivity contribution in [1.29, 1.82) is 0 Å². The van der Waals surface area contributed by atoms with Gasteiger partial charge >= 0.3 is 0 Å². The van der Waals surface area contributed by atoms with E-state index in [4.69, 9.17) is 9.47 Å². The molecule has 0 amide bonds. The van der Waals surface area contributed by atoms with Crippen molar-refractivity contribution in [2.45, 2.75) is 52.7 Å². The van der Waals surface area contributed by atoms with Gasteiger partial charge in [-0.05, 0) is 31.1 Å². The van der Waals surface area contributed by atoms with Gasteiger partial charge < -0.3 is 19.4 Å². The van der Waals surface area contributed by atoms with Gasteiger partial charge in [0, 0.05) is 43.1 Å². The van der Waals surface area contributed by atoms with Crippen LogP contribution in [-0.2, 0) is 9.47 Å². The lowest BCUT2D eigenvalue weighted by atomic mass is 9.99. The molecule has 0 radical (unpaired) electrons. The van der Waals surface area contributed by atoms with Crippen molar-refractivity contribution < 1.29 is 9.47 Å². The zero-order valence-corrected chi connectivity index (χ0v) is 16.7. The van der Waals surface area contributed by atoms with Gasteiger partial charge in [0.2, 0.25) is 0 Å². The number of hydrogen-bond acceptors (Lipinski definition) is 3. The summed E-state index contributed by atoms with van der Waals surface area (Å²) in [5, 5.41) is 1.30. The standard InChI is InChI=1S/C19H24N2O2.C3H8/c1-13(2)15-12-20-18-16(5-4-14(3)17(15)18)21-8-6-19(7-9-21)22-10-11-23-19;1-3-2/h4-5,12,20H,1,6-11H2,2-3H3;3H2,1-2H3. The lowest BCUT2D eigenvalue weighted by molar-refractivity contribution is -0.169. The SMILES string of the molecule is C=C(C)c1c[nH]c2c(N3CCC4(CC3)OCCO4)ccc(C)c12.CCC. The average Bonchev–Trinajstić information content (AvgIpc) is 3.25. The van der Waals surface area contributed by atoms with Gasteiger partial charge in [-0.1, -0.05) is 32.9 Å². The van der Waals surface area contributed by atoms with Crippen molar-refractivity contribution in [2.75, 3.05) is 31.2 Å². The normalized spacial score (nSPS) is 18.8.